The summed E-state index contributed by atoms with van der Waals surface area (Å²) < 4.78 is 0.680. The Morgan fingerprint density at radius 2 is 2.15 bits per heavy atom. The third-order valence-electron chi connectivity index (χ3n) is 2.94. The van der Waals surface area contributed by atoms with Gasteiger partial charge < -0.3 is 10.5 Å². The molecule has 1 aromatic heterocycles. The summed E-state index contributed by atoms with van der Waals surface area (Å²) in [4.78, 5) is 4.42. The van der Waals surface area contributed by atoms with Crippen LogP contribution in [0.3, 0.4) is 0 Å². The summed E-state index contributed by atoms with van der Waals surface area (Å²) in [7, 11) is 0. The Kier molecular flexibility index (Phi) is 4.75. The first-order valence-electron chi connectivity index (χ1n) is 6.20. The van der Waals surface area contributed by atoms with Gasteiger partial charge in [0.05, 0.1) is 17.9 Å². The molecule has 7 nitrogen and oxygen atoms in total. The molecular weight excluding hydrogens is 256 g/mol. The van der Waals surface area contributed by atoms with Gasteiger partial charge in [-0.25, -0.2) is 4.99 Å². The van der Waals surface area contributed by atoms with Gasteiger partial charge in [-0.2, -0.15) is 9.99 Å². The molecule has 20 heavy (non-hydrogen) atoms. The van der Waals surface area contributed by atoms with E-state index in [4.69, 9.17) is 10.7 Å². The summed E-state index contributed by atoms with van der Waals surface area (Å²) in [6, 6.07) is 3.03. The molecule has 0 aromatic carbocycles. The fourth-order valence-corrected chi connectivity index (χ4v) is 1.24. The second kappa shape index (κ2) is 6.10. The topological polar surface area (TPSA) is 109 Å². The quantitative estimate of drug-likeness (QED) is 0.216. The lowest BCUT2D eigenvalue weighted by molar-refractivity contribution is 0.171. The number of nitrogens with zero attached hydrogens (tertiary/aromatic N) is 3. The number of rotatable bonds is 2. The largest absolute Gasteiger partial charge is 0.427 e. The van der Waals surface area contributed by atoms with Crippen LogP contribution in [0.25, 0.3) is 0 Å². The smallest absolute Gasteiger partial charge is 0.209 e. The van der Waals surface area contributed by atoms with Crippen LogP contribution >= 0.6 is 0 Å². The van der Waals surface area contributed by atoms with Gasteiger partial charge in [-0.1, -0.05) is 20.8 Å². The van der Waals surface area contributed by atoms with Gasteiger partial charge in [0.2, 0.25) is 5.96 Å². The second-order valence-corrected chi connectivity index (χ2v) is 5.53. The van der Waals surface area contributed by atoms with Crippen molar-refractivity contribution in [1.82, 2.24) is 10.0 Å². The van der Waals surface area contributed by atoms with E-state index in [0.717, 1.165) is 0 Å². The van der Waals surface area contributed by atoms with Crippen LogP contribution in [-0.4, -0.2) is 21.9 Å². The minimum atomic E-state index is -0.0367. The van der Waals surface area contributed by atoms with Crippen molar-refractivity contribution in [3.05, 3.63) is 23.8 Å². The molecule has 0 unspecified atom stereocenters. The summed E-state index contributed by atoms with van der Waals surface area (Å²) in [5, 5.41) is 30.9. The van der Waals surface area contributed by atoms with E-state index in [0.29, 0.717) is 16.4 Å². The molecule has 0 aliphatic rings. The lowest BCUT2D eigenvalue weighted by atomic mass is 9.88. The van der Waals surface area contributed by atoms with Crippen LogP contribution in [0.4, 0.5) is 5.69 Å². The molecule has 7 heteroatoms. The Bertz CT molecular complexity index is 590. The Morgan fingerprint density at radius 3 is 2.65 bits per heavy atom. The van der Waals surface area contributed by atoms with Crippen molar-refractivity contribution < 1.29 is 5.21 Å². The van der Waals surface area contributed by atoms with Gasteiger partial charge in [0.15, 0.2) is 11.7 Å². The molecule has 0 fully saturated rings. The van der Waals surface area contributed by atoms with E-state index >= 15 is 0 Å². The van der Waals surface area contributed by atoms with Gasteiger partial charge in [0.1, 0.15) is 0 Å². The molecule has 4 N–H and O–H groups in total. The number of aliphatic imine (C=N–C) groups is 1. The minimum Gasteiger partial charge on any atom is -0.427 e. The van der Waals surface area contributed by atoms with Crippen LogP contribution < -0.4 is 16.1 Å². The van der Waals surface area contributed by atoms with Gasteiger partial charge in [0.25, 0.3) is 0 Å². The highest BCUT2D eigenvalue weighted by molar-refractivity contribution is 5.94. The molecule has 1 atom stereocenters. The molecule has 1 aromatic rings. The summed E-state index contributed by atoms with van der Waals surface area (Å²) in [6.07, 6.45) is 3.15. The maximum absolute atomic E-state index is 9.42. The number of hydrogen-bond donors (Lipinski definition) is 4. The zero-order valence-electron chi connectivity index (χ0n) is 12.1. The van der Waals surface area contributed by atoms with Crippen molar-refractivity contribution in [2.45, 2.75) is 33.7 Å². The van der Waals surface area contributed by atoms with E-state index in [-0.39, 0.29) is 16.9 Å². The van der Waals surface area contributed by atoms with Crippen molar-refractivity contribution >= 4 is 11.6 Å². The SMILES string of the molecule is C[C@@H](N=C(NC#N)Nc1ccc(=N)n(O)c1)C(C)(C)C. The molecule has 0 saturated heterocycles. The molecule has 0 aliphatic heterocycles. The van der Waals surface area contributed by atoms with Crippen LogP contribution in [-0.2, 0) is 0 Å². The number of aromatic nitrogens is 1. The van der Waals surface area contributed by atoms with E-state index in [1.54, 1.807) is 6.07 Å². The number of nitriles is 1. The van der Waals surface area contributed by atoms with Gasteiger partial charge in [-0.05, 0) is 24.5 Å². The van der Waals surface area contributed by atoms with E-state index in [9.17, 15) is 5.21 Å². The van der Waals surface area contributed by atoms with Crippen LogP contribution in [0.5, 0.6) is 0 Å². The van der Waals surface area contributed by atoms with Gasteiger partial charge in [0, 0.05) is 0 Å². The van der Waals surface area contributed by atoms with Crippen molar-refractivity contribution in [2.75, 3.05) is 5.32 Å². The minimum absolute atomic E-state index is 0.0115. The Hall–Kier alpha value is -2.49. The predicted octanol–water partition coefficient (Wildman–Crippen LogP) is 1.48. The first-order valence-corrected chi connectivity index (χ1v) is 6.20. The van der Waals surface area contributed by atoms with Crippen LogP contribution in [0.1, 0.15) is 27.7 Å². The molecule has 0 radical (unpaired) electrons. The summed E-state index contributed by atoms with van der Waals surface area (Å²) in [6.45, 7) is 8.13. The molecule has 0 amide bonds. The highest BCUT2D eigenvalue weighted by atomic mass is 16.5. The lowest BCUT2D eigenvalue weighted by Crippen LogP contribution is -2.32. The predicted molar refractivity (Wildman–Crippen MR) is 76.2 cm³/mol. The number of hydrogen-bond acceptors (Lipinski definition) is 4. The van der Waals surface area contributed by atoms with E-state index in [1.165, 1.54) is 12.3 Å². The zero-order valence-corrected chi connectivity index (χ0v) is 12.1. The monoisotopic (exact) mass is 276 g/mol. The number of pyridine rings is 1. The summed E-state index contributed by atoms with van der Waals surface area (Å²) in [5.41, 5.74) is 0.447. The van der Waals surface area contributed by atoms with Crippen molar-refractivity contribution in [2.24, 2.45) is 10.4 Å². The average molecular weight is 276 g/mol. The highest BCUT2D eigenvalue weighted by Crippen LogP contribution is 2.21. The third-order valence-corrected chi connectivity index (χ3v) is 2.94. The lowest BCUT2D eigenvalue weighted by Gasteiger charge is -2.24. The fourth-order valence-electron chi connectivity index (χ4n) is 1.24. The van der Waals surface area contributed by atoms with Crippen LogP contribution in [0.15, 0.2) is 23.3 Å². The molecule has 0 bridgehead atoms. The maximum atomic E-state index is 9.42. The second-order valence-electron chi connectivity index (χ2n) is 5.53. The average Bonchev–Trinajstić information content (AvgIpc) is 2.33. The van der Waals surface area contributed by atoms with Gasteiger partial charge in [-0.3, -0.25) is 10.7 Å². The first-order chi connectivity index (χ1) is 9.24. The number of guanidine groups is 1. The zero-order chi connectivity index (χ0) is 15.3. The summed E-state index contributed by atoms with van der Waals surface area (Å²) in [5.74, 6) is 0.299. The van der Waals surface area contributed by atoms with Gasteiger partial charge >= 0.3 is 0 Å². The van der Waals surface area contributed by atoms with Crippen molar-refractivity contribution in [1.29, 1.82) is 10.7 Å². The number of nitrogens with one attached hydrogen (secondary N) is 3. The molecule has 0 spiro atoms. The highest BCUT2D eigenvalue weighted by Gasteiger charge is 2.20. The maximum Gasteiger partial charge on any atom is 0.209 e. The molecule has 1 heterocycles. The molecule has 1 rings (SSSR count). The molecule has 0 saturated carbocycles. The van der Waals surface area contributed by atoms with Crippen molar-refractivity contribution in [3.63, 3.8) is 0 Å². The van der Waals surface area contributed by atoms with Crippen LogP contribution in [0, 0.1) is 22.3 Å². The standard InChI is InChI=1S/C13H20N6O/c1-9(13(2,3)4)17-12(16-8-14)18-10-5-6-11(15)19(20)7-10/h5-7,9,15,20H,1-4H3,(H2,16,17,18)/t9-/m1/s1. The Labute approximate surface area is 118 Å². The Morgan fingerprint density at radius 1 is 1.50 bits per heavy atom. The fraction of sp³-hybridized carbons (Fsp3) is 0.462. The van der Waals surface area contributed by atoms with Crippen molar-refractivity contribution in [3.8, 4) is 6.19 Å². The Balaban J connectivity index is 2.98. The van der Waals surface area contributed by atoms with E-state index in [2.05, 4.69) is 36.4 Å². The normalized spacial score (nSPS) is 13.4. The summed E-state index contributed by atoms with van der Waals surface area (Å²) >= 11 is 0. The van der Waals surface area contributed by atoms with E-state index in [1.807, 2.05) is 13.1 Å². The molecule has 0 aliphatic carbocycles. The number of anilines is 1. The van der Waals surface area contributed by atoms with E-state index < -0.39 is 0 Å². The van der Waals surface area contributed by atoms with Gasteiger partial charge in [-0.15, -0.1) is 0 Å². The third kappa shape index (κ3) is 4.31. The molecular formula is C13H20N6O. The van der Waals surface area contributed by atoms with Crippen LogP contribution in [0.2, 0.25) is 0 Å². The first kappa shape index (κ1) is 15.6. The molecule has 108 valence electrons.